The van der Waals surface area contributed by atoms with E-state index in [1.165, 1.54) is 19.2 Å². The smallest absolute Gasteiger partial charge is 0.338 e. The van der Waals surface area contributed by atoms with Gasteiger partial charge in [-0.15, -0.1) is 0 Å². The second-order valence-electron chi connectivity index (χ2n) is 7.20. The van der Waals surface area contributed by atoms with Crippen LogP contribution in [0.3, 0.4) is 0 Å². The number of carbonyl (C=O) groups is 1. The fraction of sp³-hybridized carbons (Fsp3) is 0.250. The Labute approximate surface area is 195 Å². The molecule has 2 aromatic rings. The molecule has 0 spiro atoms. The summed E-state index contributed by atoms with van der Waals surface area (Å²) in [5.74, 6) is -0.786. The summed E-state index contributed by atoms with van der Waals surface area (Å²) >= 11 is 0. The van der Waals surface area contributed by atoms with Crippen molar-refractivity contribution in [1.82, 2.24) is 0 Å². The molecule has 176 valence electrons. The third-order valence-electron chi connectivity index (χ3n) is 5.18. The van der Waals surface area contributed by atoms with Gasteiger partial charge in [-0.25, -0.2) is 4.79 Å². The van der Waals surface area contributed by atoms with Crippen molar-refractivity contribution in [3.05, 3.63) is 86.5 Å². The van der Waals surface area contributed by atoms with Gasteiger partial charge in [0.2, 0.25) is 5.88 Å². The molecule has 10 nitrogen and oxygen atoms in total. The Kier molecular flexibility index (Phi) is 7.38. The van der Waals surface area contributed by atoms with Crippen LogP contribution in [0.4, 0.5) is 5.69 Å². The Morgan fingerprint density at radius 1 is 1.26 bits per heavy atom. The van der Waals surface area contributed by atoms with E-state index in [4.69, 9.17) is 24.7 Å². The van der Waals surface area contributed by atoms with Crippen LogP contribution < -0.4 is 15.2 Å². The van der Waals surface area contributed by atoms with E-state index in [-0.39, 0.29) is 47.4 Å². The lowest BCUT2D eigenvalue weighted by molar-refractivity contribution is -0.385. The van der Waals surface area contributed by atoms with Gasteiger partial charge in [-0.1, -0.05) is 18.2 Å². The number of ether oxygens (including phenoxy) is 4. The van der Waals surface area contributed by atoms with Crippen molar-refractivity contribution in [2.45, 2.75) is 26.4 Å². The maximum absolute atomic E-state index is 12.7. The summed E-state index contributed by atoms with van der Waals surface area (Å²) < 4.78 is 21.8. The van der Waals surface area contributed by atoms with Crippen molar-refractivity contribution in [3.63, 3.8) is 0 Å². The number of methoxy groups -OCH3 is 1. The minimum atomic E-state index is -0.839. The van der Waals surface area contributed by atoms with Crippen LogP contribution in [0, 0.1) is 21.4 Å². The van der Waals surface area contributed by atoms with E-state index >= 15 is 0 Å². The highest BCUT2D eigenvalue weighted by Gasteiger charge is 2.36. The van der Waals surface area contributed by atoms with Gasteiger partial charge in [0.15, 0.2) is 5.75 Å². The van der Waals surface area contributed by atoms with Gasteiger partial charge >= 0.3 is 11.7 Å². The highest BCUT2D eigenvalue weighted by Crippen LogP contribution is 2.41. The highest BCUT2D eigenvalue weighted by atomic mass is 16.6. The normalized spacial score (nSPS) is 15.3. The quantitative estimate of drug-likeness (QED) is 0.349. The molecule has 0 amide bonds. The van der Waals surface area contributed by atoms with Crippen molar-refractivity contribution < 1.29 is 28.7 Å². The molecule has 2 N–H and O–H groups in total. The van der Waals surface area contributed by atoms with Crippen molar-refractivity contribution in [2.24, 2.45) is 5.73 Å². The molecule has 1 aliphatic rings. The molecule has 1 atom stereocenters. The standard InChI is InChI=1S/C24H23N3O7/c1-4-32-24(28)21-14(2)34-23(26)17(12-25)22(21)15-9-10-19(31-3)16(11-15)13-33-20-8-6-5-7-18(20)27(29)30/h5-11,22H,4,13,26H2,1-3H3. The predicted octanol–water partition coefficient (Wildman–Crippen LogP) is 3.83. The third-order valence-corrected chi connectivity index (χ3v) is 5.18. The molecule has 0 fully saturated rings. The topological polar surface area (TPSA) is 147 Å². The van der Waals surface area contributed by atoms with Crippen LogP contribution >= 0.6 is 0 Å². The first kappa shape index (κ1) is 24.1. The minimum absolute atomic E-state index is 0.0596. The van der Waals surface area contributed by atoms with E-state index in [9.17, 15) is 20.2 Å². The molecule has 10 heteroatoms. The summed E-state index contributed by atoms with van der Waals surface area (Å²) in [5.41, 5.74) is 7.09. The lowest BCUT2D eigenvalue weighted by atomic mass is 9.82. The van der Waals surface area contributed by atoms with Gasteiger partial charge in [0, 0.05) is 11.6 Å². The van der Waals surface area contributed by atoms with Gasteiger partial charge in [-0.2, -0.15) is 5.26 Å². The van der Waals surface area contributed by atoms with Crippen LogP contribution in [0.1, 0.15) is 30.9 Å². The fourth-order valence-corrected chi connectivity index (χ4v) is 3.66. The molecule has 1 unspecified atom stereocenters. The fourth-order valence-electron chi connectivity index (χ4n) is 3.66. The van der Waals surface area contributed by atoms with E-state index in [0.29, 0.717) is 16.9 Å². The number of nitrogens with zero attached hydrogens (tertiary/aromatic N) is 2. The minimum Gasteiger partial charge on any atom is -0.496 e. The number of carbonyl (C=O) groups excluding carboxylic acids is 1. The van der Waals surface area contributed by atoms with Crippen molar-refractivity contribution >= 4 is 11.7 Å². The van der Waals surface area contributed by atoms with E-state index in [0.717, 1.165) is 0 Å². The largest absolute Gasteiger partial charge is 0.496 e. The summed E-state index contributed by atoms with van der Waals surface area (Å²) in [7, 11) is 1.48. The number of esters is 1. The zero-order valence-corrected chi connectivity index (χ0v) is 18.9. The Hall–Kier alpha value is -4.52. The van der Waals surface area contributed by atoms with Gasteiger partial charge in [-0.3, -0.25) is 10.1 Å². The van der Waals surface area contributed by atoms with E-state index in [2.05, 4.69) is 0 Å². The maximum atomic E-state index is 12.7. The molecular formula is C24H23N3O7. The monoisotopic (exact) mass is 465 g/mol. The van der Waals surface area contributed by atoms with Crippen LogP contribution in [0.5, 0.6) is 11.5 Å². The number of para-hydroxylation sites is 2. The van der Waals surface area contributed by atoms with Gasteiger partial charge in [0.05, 0.1) is 30.1 Å². The van der Waals surface area contributed by atoms with Gasteiger partial charge in [-0.05, 0) is 37.6 Å². The molecule has 1 aliphatic heterocycles. The zero-order valence-electron chi connectivity index (χ0n) is 18.9. The van der Waals surface area contributed by atoms with Crippen LogP contribution in [0.25, 0.3) is 0 Å². The van der Waals surface area contributed by atoms with Crippen molar-refractivity contribution in [2.75, 3.05) is 13.7 Å². The highest BCUT2D eigenvalue weighted by molar-refractivity contribution is 5.92. The molecule has 1 heterocycles. The van der Waals surface area contributed by atoms with Crippen LogP contribution in [0.2, 0.25) is 0 Å². The number of nitro groups is 1. The van der Waals surface area contributed by atoms with Gasteiger partial charge in [0.25, 0.3) is 0 Å². The number of nitriles is 1. The molecule has 3 rings (SSSR count). The average molecular weight is 465 g/mol. The summed E-state index contributed by atoms with van der Waals surface area (Å²) in [6.07, 6.45) is 0. The summed E-state index contributed by atoms with van der Waals surface area (Å²) in [5, 5.41) is 21.1. The Balaban J connectivity index is 2.05. The Morgan fingerprint density at radius 2 is 2.00 bits per heavy atom. The number of hydrogen-bond donors (Lipinski definition) is 1. The first-order valence-corrected chi connectivity index (χ1v) is 10.3. The molecule has 2 aromatic carbocycles. The number of benzene rings is 2. The second kappa shape index (κ2) is 10.4. The second-order valence-corrected chi connectivity index (χ2v) is 7.20. The van der Waals surface area contributed by atoms with E-state index in [1.807, 2.05) is 6.07 Å². The number of nitro benzene ring substituents is 1. The molecule has 0 bridgehead atoms. The summed E-state index contributed by atoms with van der Waals surface area (Å²) in [4.78, 5) is 23.5. The first-order chi connectivity index (χ1) is 16.3. The summed E-state index contributed by atoms with van der Waals surface area (Å²) in [6, 6.07) is 13.1. The summed E-state index contributed by atoms with van der Waals surface area (Å²) in [6.45, 7) is 3.32. The third kappa shape index (κ3) is 4.78. The van der Waals surface area contributed by atoms with Gasteiger partial charge < -0.3 is 24.7 Å². The van der Waals surface area contributed by atoms with Crippen LogP contribution in [0.15, 0.2) is 65.3 Å². The number of hydrogen-bond acceptors (Lipinski definition) is 9. The zero-order chi connectivity index (χ0) is 24.8. The first-order valence-electron chi connectivity index (χ1n) is 10.3. The Bertz CT molecular complexity index is 1230. The average Bonchev–Trinajstić information content (AvgIpc) is 2.82. The maximum Gasteiger partial charge on any atom is 0.338 e. The SMILES string of the molecule is CCOC(=O)C1=C(C)OC(N)=C(C#N)C1c1ccc(OC)c(COc2ccccc2[N+](=O)[O-])c1. The van der Waals surface area contributed by atoms with Crippen LogP contribution in [-0.4, -0.2) is 24.6 Å². The lowest BCUT2D eigenvalue weighted by Gasteiger charge is -2.27. The number of nitrogens with two attached hydrogens (primary N) is 1. The van der Waals surface area contributed by atoms with Crippen molar-refractivity contribution in [3.8, 4) is 17.6 Å². The van der Waals surface area contributed by atoms with Gasteiger partial charge in [0.1, 0.15) is 29.8 Å². The predicted molar refractivity (Wildman–Crippen MR) is 120 cm³/mol. The Morgan fingerprint density at radius 3 is 2.65 bits per heavy atom. The number of allylic oxidation sites excluding steroid dienone is 2. The molecule has 0 aliphatic carbocycles. The molecule has 0 radical (unpaired) electrons. The molecule has 0 saturated carbocycles. The lowest BCUT2D eigenvalue weighted by Crippen LogP contribution is -2.25. The van der Waals surface area contributed by atoms with Crippen LogP contribution in [-0.2, 0) is 20.9 Å². The number of rotatable bonds is 8. The molecule has 34 heavy (non-hydrogen) atoms. The van der Waals surface area contributed by atoms with E-state index in [1.54, 1.807) is 44.2 Å². The molecule has 0 aromatic heterocycles. The van der Waals surface area contributed by atoms with Crippen molar-refractivity contribution in [1.29, 1.82) is 5.26 Å². The van der Waals surface area contributed by atoms with E-state index < -0.39 is 16.8 Å². The molecular weight excluding hydrogens is 442 g/mol. The molecule has 0 saturated heterocycles.